The molecule has 1 saturated heterocycles. The van der Waals surface area contributed by atoms with Crippen LogP contribution in [-0.4, -0.2) is 48.1 Å². The summed E-state index contributed by atoms with van der Waals surface area (Å²) in [4.78, 5) is 27.7. The molecule has 0 aliphatic carbocycles. The van der Waals surface area contributed by atoms with Crippen LogP contribution in [0.3, 0.4) is 0 Å². The maximum absolute atomic E-state index is 13.3. The number of carbonyl (C=O) groups excluding carboxylic acids is 2. The molecule has 3 rings (SSSR count). The largest absolute Gasteiger partial charge is 0.493 e. The average molecular weight is 458 g/mol. The molecule has 2 amide bonds. The third-order valence-electron chi connectivity index (χ3n) is 6.31. The number of nitrogens with zero attached hydrogens (tertiary/aromatic N) is 2. The van der Waals surface area contributed by atoms with E-state index in [4.69, 9.17) is 14.0 Å². The third kappa shape index (κ3) is 5.86. The number of methoxy groups -OCH3 is 1. The summed E-state index contributed by atoms with van der Waals surface area (Å²) in [5.41, 5.74) is 2.18. The minimum atomic E-state index is -0.179. The number of nitrogens with one attached hydrogen (secondary N) is 1. The maximum atomic E-state index is 13.3. The summed E-state index contributed by atoms with van der Waals surface area (Å²) in [6.45, 7) is 9.23. The minimum absolute atomic E-state index is 0.0359. The van der Waals surface area contributed by atoms with Crippen molar-refractivity contribution in [3.8, 4) is 11.5 Å². The first-order valence-corrected chi connectivity index (χ1v) is 11.7. The van der Waals surface area contributed by atoms with E-state index in [9.17, 15) is 9.59 Å². The Morgan fingerprint density at radius 1 is 1.24 bits per heavy atom. The molecule has 0 spiro atoms. The van der Waals surface area contributed by atoms with Gasteiger partial charge in [-0.3, -0.25) is 9.59 Å². The van der Waals surface area contributed by atoms with E-state index in [1.54, 1.807) is 30.2 Å². The summed E-state index contributed by atoms with van der Waals surface area (Å²) in [7, 11) is 1.55. The molecule has 0 saturated carbocycles. The van der Waals surface area contributed by atoms with Gasteiger partial charge >= 0.3 is 0 Å². The van der Waals surface area contributed by atoms with Crippen molar-refractivity contribution in [2.24, 2.45) is 5.92 Å². The molecule has 2 atom stereocenters. The van der Waals surface area contributed by atoms with Gasteiger partial charge in [0.1, 0.15) is 12.4 Å². The summed E-state index contributed by atoms with van der Waals surface area (Å²) in [5, 5.41) is 6.94. The zero-order valence-electron chi connectivity index (χ0n) is 20.3. The molecule has 1 N–H and O–H groups in total. The standard InChI is InChI=1S/C25H35N3O5/c1-6-7-12-26-24(29)20-9-8-16(2)28(14-20)25(30)19-10-11-22(23(13-19)31-5)32-15-21-17(3)27-33-18(21)4/h10-11,13,16,20H,6-9,12,14-15H2,1-5H3,(H,26,29). The van der Waals surface area contributed by atoms with Crippen molar-refractivity contribution in [3.63, 3.8) is 0 Å². The van der Waals surface area contributed by atoms with Crippen molar-refractivity contribution >= 4 is 11.8 Å². The van der Waals surface area contributed by atoms with Crippen LogP contribution in [-0.2, 0) is 11.4 Å². The summed E-state index contributed by atoms with van der Waals surface area (Å²) >= 11 is 0. The second-order valence-electron chi connectivity index (χ2n) is 8.68. The van der Waals surface area contributed by atoms with Gasteiger partial charge in [-0.05, 0) is 58.2 Å². The Labute approximate surface area is 195 Å². The van der Waals surface area contributed by atoms with Gasteiger partial charge in [-0.1, -0.05) is 18.5 Å². The molecule has 1 aliphatic rings. The zero-order valence-corrected chi connectivity index (χ0v) is 20.3. The molecule has 8 nitrogen and oxygen atoms in total. The molecule has 1 aromatic heterocycles. The van der Waals surface area contributed by atoms with Crippen molar-refractivity contribution < 1.29 is 23.6 Å². The van der Waals surface area contributed by atoms with Crippen LogP contribution in [0.15, 0.2) is 22.7 Å². The molecule has 180 valence electrons. The Hall–Kier alpha value is -3.03. The number of hydrogen-bond donors (Lipinski definition) is 1. The SMILES string of the molecule is CCCCNC(=O)C1CCC(C)N(C(=O)c2ccc(OCc3c(C)noc3C)c(OC)c2)C1. The van der Waals surface area contributed by atoms with Gasteiger partial charge in [-0.25, -0.2) is 0 Å². The Kier molecular flexibility index (Phi) is 8.36. The smallest absolute Gasteiger partial charge is 0.254 e. The Morgan fingerprint density at radius 3 is 2.70 bits per heavy atom. The average Bonchev–Trinajstić information content (AvgIpc) is 3.14. The van der Waals surface area contributed by atoms with E-state index in [0.717, 1.165) is 36.9 Å². The number of hydrogen-bond acceptors (Lipinski definition) is 6. The number of benzene rings is 1. The number of piperidine rings is 1. The molecular formula is C25H35N3O5. The van der Waals surface area contributed by atoms with Crippen molar-refractivity contribution in [1.29, 1.82) is 0 Å². The van der Waals surface area contributed by atoms with Gasteiger partial charge in [0.05, 0.1) is 24.3 Å². The number of likely N-dealkylation sites (tertiary alicyclic amines) is 1. The number of rotatable bonds is 9. The summed E-state index contributed by atoms with van der Waals surface area (Å²) < 4.78 is 16.6. The highest BCUT2D eigenvalue weighted by Gasteiger charge is 2.33. The molecule has 1 aromatic carbocycles. The van der Waals surface area contributed by atoms with Crippen molar-refractivity contribution in [1.82, 2.24) is 15.4 Å². The predicted molar refractivity (Wildman–Crippen MR) is 124 cm³/mol. The van der Waals surface area contributed by atoms with Gasteiger partial charge in [0.2, 0.25) is 5.91 Å². The molecule has 8 heteroatoms. The van der Waals surface area contributed by atoms with Gasteiger partial charge in [0.15, 0.2) is 11.5 Å². The van der Waals surface area contributed by atoms with Crippen LogP contribution in [0.2, 0.25) is 0 Å². The van der Waals surface area contributed by atoms with Crippen LogP contribution in [0.25, 0.3) is 0 Å². The lowest BCUT2D eigenvalue weighted by Gasteiger charge is -2.37. The number of ether oxygens (including phenoxy) is 2. The zero-order chi connectivity index (χ0) is 24.0. The van der Waals surface area contributed by atoms with E-state index in [0.29, 0.717) is 42.5 Å². The van der Waals surface area contributed by atoms with Gasteiger partial charge in [-0.2, -0.15) is 0 Å². The number of aryl methyl sites for hydroxylation is 2. The number of aromatic nitrogens is 1. The van der Waals surface area contributed by atoms with Crippen LogP contribution in [0.1, 0.15) is 66.9 Å². The third-order valence-corrected chi connectivity index (χ3v) is 6.31. The molecule has 1 aliphatic heterocycles. The van der Waals surface area contributed by atoms with E-state index in [1.807, 2.05) is 20.8 Å². The van der Waals surface area contributed by atoms with Gasteiger partial charge < -0.3 is 24.2 Å². The van der Waals surface area contributed by atoms with Crippen LogP contribution < -0.4 is 14.8 Å². The van der Waals surface area contributed by atoms with E-state index in [2.05, 4.69) is 17.4 Å². The first-order valence-electron chi connectivity index (χ1n) is 11.7. The lowest BCUT2D eigenvalue weighted by Crippen LogP contribution is -2.49. The van der Waals surface area contributed by atoms with Crippen molar-refractivity contribution in [2.45, 2.75) is 66.0 Å². The Bertz CT molecular complexity index is 951. The summed E-state index contributed by atoms with van der Waals surface area (Å²) in [6.07, 6.45) is 3.59. The molecule has 0 bridgehead atoms. The molecule has 0 radical (unpaired) electrons. The van der Waals surface area contributed by atoms with Crippen LogP contribution in [0, 0.1) is 19.8 Å². The van der Waals surface area contributed by atoms with E-state index in [-0.39, 0.29) is 23.8 Å². The van der Waals surface area contributed by atoms with Crippen LogP contribution in [0.4, 0.5) is 0 Å². The van der Waals surface area contributed by atoms with Gasteiger partial charge in [0.25, 0.3) is 5.91 Å². The summed E-state index contributed by atoms with van der Waals surface area (Å²) in [6, 6.07) is 5.25. The molecule has 2 aromatic rings. The maximum Gasteiger partial charge on any atom is 0.254 e. The Morgan fingerprint density at radius 2 is 2.03 bits per heavy atom. The highest BCUT2D eigenvalue weighted by Crippen LogP contribution is 2.31. The topological polar surface area (TPSA) is 93.9 Å². The lowest BCUT2D eigenvalue weighted by atomic mass is 9.92. The first-order chi connectivity index (χ1) is 15.8. The van der Waals surface area contributed by atoms with Crippen molar-refractivity contribution in [2.75, 3.05) is 20.2 Å². The van der Waals surface area contributed by atoms with Crippen LogP contribution in [0.5, 0.6) is 11.5 Å². The van der Waals surface area contributed by atoms with E-state index >= 15 is 0 Å². The second-order valence-corrected chi connectivity index (χ2v) is 8.68. The molecule has 33 heavy (non-hydrogen) atoms. The van der Waals surface area contributed by atoms with E-state index in [1.165, 1.54) is 0 Å². The first kappa shape index (κ1) is 24.6. The van der Waals surface area contributed by atoms with Crippen LogP contribution >= 0.6 is 0 Å². The fraction of sp³-hybridized carbons (Fsp3) is 0.560. The normalized spacial score (nSPS) is 18.2. The fourth-order valence-corrected chi connectivity index (χ4v) is 4.08. The molecule has 2 heterocycles. The molecular weight excluding hydrogens is 422 g/mol. The predicted octanol–water partition coefficient (Wildman–Crippen LogP) is 4.04. The number of amides is 2. The quantitative estimate of drug-likeness (QED) is 0.571. The molecule has 1 fully saturated rings. The van der Waals surface area contributed by atoms with Gasteiger partial charge in [-0.15, -0.1) is 0 Å². The van der Waals surface area contributed by atoms with Gasteiger partial charge in [0, 0.05) is 24.7 Å². The van der Waals surface area contributed by atoms with Crippen molar-refractivity contribution in [3.05, 3.63) is 40.8 Å². The number of unbranched alkanes of at least 4 members (excludes halogenated alkanes) is 1. The fourth-order valence-electron chi connectivity index (χ4n) is 4.08. The number of carbonyl (C=O) groups is 2. The Balaban J connectivity index is 1.69. The highest BCUT2D eigenvalue weighted by atomic mass is 16.5. The minimum Gasteiger partial charge on any atom is -0.493 e. The summed E-state index contributed by atoms with van der Waals surface area (Å²) in [5.74, 6) is 1.48. The monoisotopic (exact) mass is 457 g/mol. The highest BCUT2D eigenvalue weighted by molar-refractivity contribution is 5.95. The second kappa shape index (κ2) is 11.2. The van der Waals surface area contributed by atoms with E-state index < -0.39 is 0 Å². The lowest BCUT2D eigenvalue weighted by molar-refractivity contribution is -0.126. The molecule has 2 unspecified atom stereocenters.